The van der Waals surface area contributed by atoms with Gasteiger partial charge in [-0.1, -0.05) is 19.1 Å². The highest BCUT2D eigenvalue weighted by Crippen LogP contribution is 2.22. The maximum Gasteiger partial charge on any atom is 0.277 e. The molecular weight excluding hydrogens is 340 g/mol. The Bertz CT molecular complexity index is 1030. The zero-order valence-electron chi connectivity index (χ0n) is 15.6. The molecule has 1 aliphatic carbocycles. The van der Waals surface area contributed by atoms with Crippen molar-refractivity contribution in [3.63, 3.8) is 0 Å². The Morgan fingerprint density at radius 2 is 1.93 bits per heavy atom. The summed E-state index contributed by atoms with van der Waals surface area (Å²) in [5.74, 6) is -0.0622. The highest BCUT2D eigenvalue weighted by atomic mass is 16.1. The van der Waals surface area contributed by atoms with Gasteiger partial charge in [-0.2, -0.15) is 5.10 Å². The van der Waals surface area contributed by atoms with E-state index >= 15 is 0 Å². The number of amides is 1. The summed E-state index contributed by atoms with van der Waals surface area (Å²) in [5.41, 5.74) is 4.52. The van der Waals surface area contributed by atoms with Crippen molar-refractivity contribution in [2.75, 3.05) is 6.54 Å². The van der Waals surface area contributed by atoms with Gasteiger partial charge >= 0.3 is 0 Å². The Kier molecular flexibility index (Phi) is 4.79. The van der Waals surface area contributed by atoms with Crippen molar-refractivity contribution < 1.29 is 4.79 Å². The second kappa shape index (κ2) is 7.39. The van der Waals surface area contributed by atoms with Crippen molar-refractivity contribution in [1.29, 1.82) is 0 Å². The number of nitrogens with zero attached hydrogens (tertiary/aromatic N) is 3. The van der Waals surface area contributed by atoms with Crippen molar-refractivity contribution in [2.24, 2.45) is 0 Å². The number of fused-ring (bicyclic) bond motifs is 3. The largest absolute Gasteiger partial charge is 0.352 e. The lowest BCUT2D eigenvalue weighted by molar-refractivity contribution is 0.0953. The number of carbonyl (C=O) groups is 1. The molecule has 1 aromatic carbocycles. The minimum absolute atomic E-state index is 0.00193. The van der Waals surface area contributed by atoms with E-state index in [1.165, 1.54) is 0 Å². The van der Waals surface area contributed by atoms with E-state index in [0.29, 0.717) is 24.2 Å². The van der Waals surface area contributed by atoms with Crippen LogP contribution in [0.5, 0.6) is 0 Å². The molecule has 6 nitrogen and oxygen atoms in total. The number of benzene rings is 1. The number of carbonyl (C=O) groups excluding carboxylic acids is 1. The highest BCUT2D eigenvalue weighted by molar-refractivity contribution is 5.94. The summed E-state index contributed by atoms with van der Waals surface area (Å²) in [7, 11) is 0. The Hall–Kier alpha value is -2.89. The smallest absolute Gasteiger partial charge is 0.277 e. The van der Waals surface area contributed by atoms with Crippen LogP contribution in [0, 0.1) is 0 Å². The summed E-state index contributed by atoms with van der Waals surface area (Å²) < 4.78 is 3.45. The highest BCUT2D eigenvalue weighted by Gasteiger charge is 2.19. The predicted octanol–water partition coefficient (Wildman–Crippen LogP) is 2.56. The molecule has 4 rings (SSSR count). The average Bonchev–Trinajstić information content (AvgIpc) is 3.08. The van der Waals surface area contributed by atoms with Crippen LogP contribution in [0.25, 0.3) is 5.52 Å². The summed E-state index contributed by atoms with van der Waals surface area (Å²) >= 11 is 0. The molecule has 0 unspecified atom stereocenters. The molecule has 1 amide bonds. The van der Waals surface area contributed by atoms with Gasteiger partial charge in [0.15, 0.2) is 0 Å². The van der Waals surface area contributed by atoms with Crippen LogP contribution >= 0.6 is 0 Å². The van der Waals surface area contributed by atoms with Gasteiger partial charge in [-0.15, -0.1) is 0 Å². The molecule has 0 spiro atoms. The maximum absolute atomic E-state index is 13.0. The van der Waals surface area contributed by atoms with E-state index in [4.69, 9.17) is 0 Å². The molecule has 140 valence electrons. The van der Waals surface area contributed by atoms with Crippen LogP contribution in [0.15, 0.2) is 41.5 Å². The molecule has 27 heavy (non-hydrogen) atoms. The summed E-state index contributed by atoms with van der Waals surface area (Å²) in [6.07, 6.45) is 8.70. The molecule has 0 atom stereocenters. The number of hydrogen-bond acceptors (Lipinski definition) is 3. The van der Waals surface area contributed by atoms with Crippen molar-refractivity contribution >= 4 is 11.4 Å². The van der Waals surface area contributed by atoms with Gasteiger partial charge in [0.25, 0.3) is 11.5 Å². The molecule has 1 N–H and O–H groups in total. The van der Waals surface area contributed by atoms with E-state index in [1.807, 2.05) is 37.4 Å². The molecule has 0 fully saturated rings. The van der Waals surface area contributed by atoms with Gasteiger partial charge in [0.2, 0.25) is 0 Å². The average molecular weight is 364 g/mol. The van der Waals surface area contributed by atoms with E-state index in [-0.39, 0.29) is 11.5 Å². The molecule has 0 bridgehead atoms. The SMILES string of the molecule is CCCNC(=O)c1ccc(Cn2ccn3nc4c(c3c2=O)CCCC4)cc1. The Labute approximate surface area is 157 Å². The first kappa shape index (κ1) is 17.5. The number of rotatable bonds is 5. The van der Waals surface area contributed by atoms with Crippen LogP contribution in [0.3, 0.4) is 0 Å². The molecule has 2 aromatic heterocycles. The molecule has 0 saturated heterocycles. The Morgan fingerprint density at radius 1 is 1.15 bits per heavy atom. The minimum Gasteiger partial charge on any atom is -0.352 e. The van der Waals surface area contributed by atoms with Gasteiger partial charge in [-0.05, 0) is 49.8 Å². The van der Waals surface area contributed by atoms with Crippen LogP contribution in [0.4, 0.5) is 0 Å². The fraction of sp³-hybridized carbons (Fsp3) is 0.381. The van der Waals surface area contributed by atoms with E-state index < -0.39 is 0 Å². The fourth-order valence-corrected chi connectivity index (χ4v) is 3.68. The van der Waals surface area contributed by atoms with Crippen molar-refractivity contribution in [3.8, 4) is 0 Å². The summed E-state index contributed by atoms with van der Waals surface area (Å²) in [6, 6.07) is 7.43. The topological polar surface area (TPSA) is 68.4 Å². The lowest BCUT2D eigenvalue weighted by Gasteiger charge is -2.10. The van der Waals surface area contributed by atoms with Crippen LogP contribution < -0.4 is 10.9 Å². The predicted molar refractivity (Wildman–Crippen MR) is 104 cm³/mol. The van der Waals surface area contributed by atoms with E-state index in [9.17, 15) is 9.59 Å². The summed E-state index contributed by atoms with van der Waals surface area (Å²) in [6.45, 7) is 3.17. The van der Waals surface area contributed by atoms with Gasteiger partial charge in [0, 0.05) is 30.1 Å². The van der Waals surface area contributed by atoms with E-state index in [0.717, 1.165) is 48.9 Å². The second-order valence-electron chi connectivity index (χ2n) is 7.11. The first-order chi connectivity index (χ1) is 13.2. The van der Waals surface area contributed by atoms with Crippen molar-refractivity contribution in [3.05, 3.63) is 69.4 Å². The quantitative estimate of drug-likeness (QED) is 0.756. The maximum atomic E-state index is 13.0. The standard InChI is InChI=1S/C21H24N4O2/c1-2-11-22-20(26)16-9-7-15(8-10-16)14-24-12-13-25-19(21(24)27)17-5-3-4-6-18(17)23-25/h7-10,12-13H,2-6,11,14H2,1H3,(H,22,26). The number of aryl methyl sites for hydroxylation is 2. The number of hydrogen-bond donors (Lipinski definition) is 1. The summed E-state index contributed by atoms with van der Waals surface area (Å²) in [4.78, 5) is 25.0. The second-order valence-corrected chi connectivity index (χ2v) is 7.11. The molecule has 0 radical (unpaired) electrons. The molecular formula is C21H24N4O2. The van der Waals surface area contributed by atoms with Gasteiger partial charge in [-0.25, -0.2) is 4.52 Å². The zero-order chi connectivity index (χ0) is 18.8. The van der Waals surface area contributed by atoms with Crippen LogP contribution in [-0.4, -0.2) is 26.6 Å². The van der Waals surface area contributed by atoms with E-state index in [2.05, 4.69) is 10.4 Å². The lowest BCUT2D eigenvalue weighted by Crippen LogP contribution is -2.24. The Balaban J connectivity index is 1.59. The third-order valence-corrected chi connectivity index (χ3v) is 5.14. The van der Waals surface area contributed by atoms with Crippen LogP contribution in [-0.2, 0) is 19.4 Å². The minimum atomic E-state index is -0.0622. The first-order valence-corrected chi connectivity index (χ1v) is 9.64. The third kappa shape index (κ3) is 3.39. The lowest BCUT2D eigenvalue weighted by atomic mass is 9.97. The van der Waals surface area contributed by atoms with Gasteiger partial charge in [-0.3, -0.25) is 9.59 Å². The molecule has 6 heteroatoms. The zero-order valence-corrected chi connectivity index (χ0v) is 15.6. The molecule has 0 saturated carbocycles. The van der Waals surface area contributed by atoms with Gasteiger partial charge in [0.1, 0.15) is 5.52 Å². The molecule has 3 aromatic rings. The monoisotopic (exact) mass is 364 g/mol. The Morgan fingerprint density at radius 3 is 2.70 bits per heavy atom. The molecule has 2 heterocycles. The van der Waals surface area contributed by atoms with Crippen LogP contribution in [0.2, 0.25) is 0 Å². The molecule has 0 aliphatic heterocycles. The number of nitrogens with one attached hydrogen (secondary N) is 1. The van der Waals surface area contributed by atoms with E-state index in [1.54, 1.807) is 15.3 Å². The van der Waals surface area contributed by atoms with Crippen molar-refractivity contribution in [1.82, 2.24) is 19.5 Å². The normalized spacial score (nSPS) is 13.5. The first-order valence-electron chi connectivity index (χ1n) is 9.64. The molecule has 1 aliphatic rings. The third-order valence-electron chi connectivity index (χ3n) is 5.14. The van der Waals surface area contributed by atoms with Gasteiger partial charge in [0.05, 0.1) is 12.2 Å². The number of aromatic nitrogens is 3. The van der Waals surface area contributed by atoms with Gasteiger partial charge < -0.3 is 9.88 Å². The fourth-order valence-electron chi connectivity index (χ4n) is 3.68. The van der Waals surface area contributed by atoms with Crippen molar-refractivity contribution in [2.45, 2.75) is 45.6 Å². The van der Waals surface area contributed by atoms with Crippen LogP contribution in [0.1, 0.15) is 53.4 Å². The summed E-state index contributed by atoms with van der Waals surface area (Å²) in [5, 5.41) is 7.45.